The number of nitrogens with one attached hydrogen (secondary N) is 1. The molecule has 1 atom stereocenters. The number of piperidine rings is 2. The van der Waals surface area contributed by atoms with E-state index in [1.807, 2.05) is 4.90 Å². The minimum absolute atomic E-state index is 0.0496. The Morgan fingerprint density at radius 3 is 2.71 bits per heavy atom. The monoisotopic (exact) mass is 298 g/mol. The highest BCUT2D eigenvalue weighted by Gasteiger charge is 2.25. The van der Waals surface area contributed by atoms with E-state index in [0.717, 1.165) is 45.3 Å². The lowest BCUT2D eigenvalue weighted by Crippen LogP contribution is -2.43. The first kappa shape index (κ1) is 16.2. The van der Waals surface area contributed by atoms with Crippen LogP contribution in [-0.2, 0) is 14.3 Å². The van der Waals surface area contributed by atoms with Crippen molar-refractivity contribution in [3.63, 3.8) is 0 Å². The smallest absolute Gasteiger partial charge is 0.303 e. The van der Waals surface area contributed by atoms with Gasteiger partial charge in [-0.1, -0.05) is 0 Å². The zero-order valence-electron chi connectivity index (χ0n) is 12.6. The fourth-order valence-corrected chi connectivity index (χ4v) is 3.10. The maximum Gasteiger partial charge on any atom is 0.303 e. The van der Waals surface area contributed by atoms with E-state index in [9.17, 15) is 9.59 Å². The number of carboxylic acid groups (broad SMARTS) is 1. The fraction of sp³-hybridized carbons (Fsp3) is 0.867. The van der Waals surface area contributed by atoms with Gasteiger partial charge in [-0.15, -0.1) is 0 Å². The molecule has 0 radical (unpaired) electrons. The summed E-state index contributed by atoms with van der Waals surface area (Å²) in [5, 5.41) is 12.0. The molecule has 2 heterocycles. The Morgan fingerprint density at radius 1 is 1.24 bits per heavy atom. The van der Waals surface area contributed by atoms with Crippen molar-refractivity contribution >= 4 is 11.9 Å². The number of hydrogen-bond acceptors (Lipinski definition) is 4. The van der Waals surface area contributed by atoms with Gasteiger partial charge in [-0.05, 0) is 51.1 Å². The number of nitrogens with zero attached hydrogens (tertiary/aromatic N) is 1. The van der Waals surface area contributed by atoms with Crippen molar-refractivity contribution in [3.8, 4) is 0 Å². The quantitative estimate of drug-likeness (QED) is 0.760. The van der Waals surface area contributed by atoms with Gasteiger partial charge in [-0.25, -0.2) is 0 Å². The maximum atomic E-state index is 12.2. The van der Waals surface area contributed by atoms with Crippen molar-refractivity contribution in [1.82, 2.24) is 10.2 Å². The molecular formula is C15H26N2O4. The molecular weight excluding hydrogens is 272 g/mol. The Labute approximate surface area is 125 Å². The molecule has 0 bridgehead atoms. The minimum atomic E-state index is -0.757. The van der Waals surface area contributed by atoms with E-state index in [0.29, 0.717) is 18.9 Å². The highest BCUT2D eigenvalue weighted by Crippen LogP contribution is 2.21. The third-order valence-corrected chi connectivity index (χ3v) is 4.37. The van der Waals surface area contributed by atoms with Gasteiger partial charge in [-0.3, -0.25) is 9.59 Å². The molecule has 2 N–H and O–H groups in total. The molecule has 0 aromatic rings. The van der Waals surface area contributed by atoms with Gasteiger partial charge in [-0.2, -0.15) is 0 Å². The maximum absolute atomic E-state index is 12.2. The summed E-state index contributed by atoms with van der Waals surface area (Å²) in [5.74, 6) is -0.390. The predicted molar refractivity (Wildman–Crippen MR) is 78.0 cm³/mol. The van der Waals surface area contributed by atoms with Gasteiger partial charge in [0.15, 0.2) is 0 Å². The standard InChI is InChI=1S/C15H26N2O4/c18-14(11-21-13-5-7-16-8-6-13)17-9-1-2-12(10-17)3-4-15(19)20/h12-13,16H,1-11H2,(H,19,20). The first-order chi connectivity index (χ1) is 10.1. The summed E-state index contributed by atoms with van der Waals surface area (Å²) in [7, 11) is 0. The van der Waals surface area contributed by atoms with E-state index >= 15 is 0 Å². The summed E-state index contributed by atoms with van der Waals surface area (Å²) in [6.07, 6.45) is 4.97. The Kier molecular flexibility index (Phi) is 6.45. The van der Waals surface area contributed by atoms with Crippen LogP contribution in [-0.4, -0.2) is 60.8 Å². The SMILES string of the molecule is O=C(O)CCC1CCCN(C(=O)COC2CCNCC2)C1. The first-order valence-corrected chi connectivity index (χ1v) is 7.97. The summed E-state index contributed by atoms with van der Waals surface area (Å²) >= 11 is 0. The number of amides is 1. The van der Waals surface area contributed by atoms with Gasteiger partial charge in [0.1, 0.15) is 6.61 Å². The van der Waals surface area contributed by atoms with Crippen molar-refractivity contribution in [2.75, 3.05) is 32.8 Å². The number of carbonyl (C=O) groups excluding carboxylic acids is 1. The molecule has 2 aliphatic heterocycles. The van der Waals surface area contributed by atoms with Crippen LogP contribution in [0.2, 0.25) is 0 Å². The third kappa shape index (κ3) is 5.63. The van der Waals surface area contributed by atoms with Crippen LogP contribution in [0.4, 0.5) is 0 Å². The number of rotatable bonds is 6. The molecule has 21 heavy (non-hydrogen) atoms. The lowest BCUT2D eigenvalue weighted by Gasteiger charge is -2.33. The van der Waals surface area contributed by atoms with Crippen molar-refractivity contribution in [3.05, 3.63) is 0 Å². The fourth-order valence-electron chi connectivity index (χ4n) is 3.10. The Balaban J connectivity index is 1.69. The molecule has 1 amide bonds. The van der Waals surface area contributed by atoms with Gasteiger partial charge in [0.05, 0.1) is 6.10 Å². The first-order valence-electron chi connectivity index (χ1n) is 7.97. The van der Waals surface area contributed by atoms with Crippen molar-refractivity contribution in [1.29, 1.82) is 0 Å². The average Bonchev–Trinajstić information content (AvgIpc) is 2.52. The molecule has 120 valence electrons. The summed E-state index contributed by atoms with van der Waals surface area (Å²) in [6.45, 7) is 3.54. The average molecular weight is 298 g/mol. The molecule has 0 saturated carbocycles. The lowest BCUT2D eigenvalue weighted by molar-refractivity contribution is -0.140. The molecule has 0 aromatic heterocycles. The van der Waals surface area contributed by atoms with Crippen molar-refractivity contribution < 1.29 is 19.4 Å². The Morgan fingerprint density at radius 2 is 2.00 bits per heavy atom. The van der Waals surface area contributed by atoms with Crippen molar-refractivity contribution in [2.45, 2.75) is 44.6 Å². The molecule has 2 rings (SSSR count). The number of likely N-dealkylation sites (tertiary alicyclic amines) is 1. The molecule has 2 saturated heterocycles. The van der Waals surface area contributed by atoms with Crippen LogP contribution in [0.1, 0.15) is 38.5 Å². The van der Waals surface area contributed by atoms with Crippen LogP contribution in [0.25, 0.3) is 0 Å². The molecule has 0 aliphatic carbocycles. The number of carboxylic acids is 1. The molecule has 2 aliphatic rings. The van der Waals surface area contributed by atoms with Crippen LogP contribution >= 0.6 is 0 Å². The minimum Gasteiger partial charge on any atom is -0.481 e. The predicted octanol–water partition coefficient (Wildman–Crippen LogP) is 0.858. The summed E-state index contributed by atoms with van der Waals surface area (Å²) < 4.78 is 5.71. The summed E-state index contributed by atoms with van der Waals surface area (Å²) in [5.41, 5.74) is 0. The van der Waals surface area contributed by atoms with Gasteiger partial charge < -0.3 is 20.1 Å². The topological polar surface area (TPSA) is 78.9 Å². The van der Waals surface area contributed by atoms with E-state index < -0.39 is 5.97 Å². The van der Waals surface area contributed by atoms with E-state index in [1.165, 1.54) is 0 Å². The molecule has 2 fully saturated rings. The largest absolute Gasteiger partial charge is 0.481 e. The molecule has 0 aromatic carbocycles. The second-order valence-corrected chi connectivity index (χ2v) is 6.04. The van der Waals surface area contributed by atoms with Gasteiger partial charge in [0.25, 0.3) is 0 Å². The highest BCUT2D eigenvalue weighted by molar-refractivity contribution is 5.77. The zero-order chi connectivity index (χ0) is 15.1. The molecule has 1 unspecified atom stereocenters. The Bertz CT molecular complexity index is 356. The van der Waals surface area contributed by atoms with Crippen LogP contribution in [0.3, 0.4) is 0 Å². The molecule has 0 spiro atoms. The number of aliphatic carboxylic acids is 1. The van der Waals surface area contributed by atoms with Gasteiger partial charge >= 0.3 is 5.97 Å². The van der Waals surface area contributed by atoms with E-state index in [-0.39, 0.29) is 25.0 Å². The lowest BCUT2D eigenvalue weighted by atomic mass is 9.93. The van der Waals surface area contributed by atoms with Crippen LogP contribution in [0.15, 0.2) is 0 Å². The van der Waals surface area contributed by atoms with E-state index in [2.05, 4.69) is 5.32 Å². The normalized spacial score (nSPS) is 24.0. The number of ether oxygens (including phenoxy) is 1. The summed E-state index contributed by atoms with van der Waals surface area (Å²) in [4.78, 5) is 24.7. The summed E-state index contributed by atoms with van der Waals surface area (Å²) in [6, 6.07) is 0. The van der Waals surface area contributed by atoms with E-state index in [1.54, 1.807) is 0 Å². The number of carbonyl (C=O) groups is 2. The van der Waals surface area contributed by atoms with Crippen LogP contribution in [0, 0.1) is 5.92 Å². The van der Waals surface area contributed by atoms with Gasteiger partial charge in [0.2, 0.25) is 5.91 Å². The second kappa shape index (κ2) is 8.34. The highest BCUT2D eigenvalue weighted by atomic mass is 16.5. The van der Waals surface area contributed by atoms with Crippen LogP contribution in [0.5, 0.6) is 0 Å². The number of hydrogen-bond donors (Lipinski definition) is 2. The van der Waals surface area contributed by atoms with Gasteiger partial charge in [0, 0.05) is 19.5 Å². The van der Waals surface area contributed by atoms with Crippen molar-refractivity contribution in [2.24, 2.45) is 5.92 Å². The second-order valence-electron chi connectivity index (χ2n) is 6.04. The molecule has 6 nitrogen and oxygen atoms in total. The third-order valence-electron chi connectivity index (χ3n) is 4.37. The molecule has 6 heteroatoms. The van der Waals surface area contributed by atoms with Crippen LogP contribution < -0.4 is 5.32 Å². The Hall–Kier alpha value is -1.14. The zero-order valence-corrected chi connectivity index (χ0v) is 12.6. The van der Waals surface area contributed by atoms with E-state index in [4.69, 9.17) is 9.84 Å².